The molecule has 0 unspecified atom stereocenters. The van der Waals surface area contributed by atoms with E-state index in [-0.39, 0.29) is 0 Å². The number of benzene rings is 1. The van der Waals surface area contributed by atoms with E-state index in [4.69, 9.17) is 4.52 Å². The maximum atomic E-state index is 5.45. The standard InChI is InChI=1S/C14H15N5O/c1-9-6-10-8-15-17-12(10)11(7-9)13-16-14(18-20-13)19-4-2-3-5-19/h6-8H,2-5H2,1H3,(H,15,17). The van der Waals surface area contributed by atoms with Crippen LogP contribution in [0.25, 0.3) is 22.4 Å². The highest BCUT2D eigenvalue weighted by molar-refractivity contribution is 5.91. The number of hydrogen-bond donors (Lipinski definition) is 1. The first-order valence-electron chi connectivity index (χ1n) is 6.84. The fourth-order valence-corrected chi connectivity index (χ4v) is 2.75. The average Bonchev–Trinajstić information content (AvgIpc) is 3.18. The molecule has 2 aromatic heterocycles. The summed E-state index contributed by atoms with van der Waals surface area (Å²) in [6, 6.07) is 4.13. The van der Waals surface area contributed by atoms with Crippen molar-refractivity contribution < 1.29 is 4.52 Å². The maximum absolute atomic E-state index is 5.45. The van der Waals surface area contributed by atoms with Crippen LogP contribution in [-0.4, -0.2) is 33.4 Å². The third kappa shape index (κ3) is 1.76. The molecule has 1 aliphatic rings. The van der Waals surface area contributed by atoms with Gasteiger partial charge in [-0.15, -0.1) is 0 Å². The van der Waals surface area contributed by atoms with E-state index in [0.29, 0.717) is 11.8 Å². The van der Waals surface area contributed by atoms with Crippen LogP contribution in [-0.2, 0) is 0 Å². The number of aryl methyl sites for hydroxylation is 1. The fourth-order valence-electron chi connectivity index (χ4n) is 2.75. The SMILES string of the molecule is Cc1cc(-c2nc(N3CCCC3)no2)c2[nH]ncc2c1. The predicted octanol–water partition coefficient (Wildman–Crippen LogP) is 2.52. The van der Waals surface area contributed by atoms with Crippen molar-refractivity contribution in [3.8, 4) is 11.5 Å². The van der Waals surface area contributed by atoms with E-state index >= 15 is 0 Å². The second kappa shape index (κ2) is 4.33. The van der Waals surface area contributed by atoms with Crippen LogP contribution in [0.4, 0.5) is 5.95 Å². The summed E-state index contributed by atoms with van der Waals surface area (Å²) >= 11 is 0. The van der Waals surface area contributed by atoms with E-state index in [1.807, 2.05) is 19.2 Å². The van der Waals surface area contributed by atoms with E-state index in [2.05, 4.69) is 31.3 Å². The highest BCUT2D eigenvalue weighted by Gasteiger charge is 2.20. The van der Waals surface area contributed by atoms with E-state index in [9.17, 15) is 0 Å². The molecule has 0 aliphatic carbocycles. The molecule has 0 atom stereocenters. The van der Waals surface area contributed by atoms with Gasteiger partial charge >= 0.3 is 0 Å². The Morgan fingerprint density at radius 1 is 1.25 bits per heavy atom. The molecule has 1 saturated heterocycles. The molecule has 0 spiro atoms. The lowest BCUT2D eigenvalue weighted by atomic mass is 10.1. The number of hydrogen-bond acceptors (Lipinski definition) is 5. The van der Waals surface area contributed by atoms with Gasteiger partial charge in [0, 0.05) is 18.5 Å². The Hall–Kier alpha value is -2.37. The van der Waals surface area contributed by atoms with Crippen LogP contribution in [0, 0.1) is 6.92 Å². The van der Waals surface area contributed by atoms with Crippen molar-refractivity contribution in [1.82, 2.24) is 20.3 Å². The van der Waals surface area contributed by atoms with Gasteiger partial charge in [0.2, 0.25) is 0 Å². The lowest BCUT2D eigenvalue weighted by Crippen LogP contribution is -2.18. The molecule has 1 aromatic carbocycles. The predicted molar refractivity (Wildman–Crippen MR) is 75.6 cm³/mol. The van der Waals surface area contributed by atoms with Gasteiger partial charge in [-0.2, -0.15) is 10.1 Å². The van der Waals surface area contributed by atoms with Crippen molar-refractivity contribution in [3.05, 3.63) is 23.9 Å². The molecule has 3 heterocycles. The number of anilines is 1. The van der Waals surface area contributed by atoms with Crippen molar-refractivity contribution in [3.63, 3.8) is 0 Å². The van der Waals surface area contributed by atoms with Crippen molar-refractivity contribution in [2.24, 2.45) is 0 Å². The third-order valence-corrected chi connectivity index (χ3v) is 3.73. The Balaban J connectivity index is 1.80. The maximum Gasteiger partial charge on any atom is 0.266 e. The van der Waals surface area contributed by atoms with Crippen LogP contribution in [0.3, 0.4) is 0 Å². The first-order chi connectivity index (χ1) is 9.81. The first kappa shape index (κ1) is 11.5. The largest absolute Gasteiger partial charge is 0.338 e. The molecule has 0 radical (unpaired) electrons. The van der Waals surface area contributed by atoms with Gasteiger partial charge in [0.05, 0.1) is 17.3 Å². The molecule has 0 bridgehead atoms. The smallest absolute Gasteiger partial charge is 0.266 e. The van der Waals surface area contributed by atoms with E-state index < -0.39 is 0 Å². The summed E-state index contributed by atoms with van der Waals surface area (Å²) in [7, 11) is 0. The summed E-state index contributed by atoms with van der Waals surface area (Å²) in [6.45, 7) is 4.06. The minimum absolute atomic E-state index is 0.546. The highest BCUT2D eigenvalue weighted by Crippen LogP contribution is 2.29. The van der Waals surface area contributed by atoms with E-state index in [1.165, 1.54) is 12.8 Å². The number of rotatable bonds is 2. The summed E-state index contributed by atoms with van der Waals surface area (Å²) in [4.78, 5) is 6.69. The molecule has 6 heteroatoms. The molecule has 0 saturated carbocycles. The van der Waals surface area contributed by atoms with Crippen LogP contribution < -0.4 is 4.90 Å². The minimum Gasteiger partial charge on any atom is -0.338 e. The normalized spacial score (nSPS) is 15.3. The molecule has 20 heavy (non-hydrogen) atoms. The zero-order valence-electron chi connectivity index (χ0n) is 11.3. The Labute approximate surface area is 115 Å². The van der Waals surface area contributed by atoms with Crippen molar-refractivity contribution in [2.75, 3.05) is 18.0 Å². The van der Waals surface area contributed by atoms with Crippen molar-refractivity contribution >= 4 is 16.9 Å². The Kier molecular flexibility index (Phi) is 2.48. The van der Waals surface area contributed by atoms with Gasteiger partial charge in [0.25, 0.3) is 11.8 Å². The van der Waals surface area contributed by atoms with Gasteiger partial charge < -0.3 is 9.42 Å². The number of nitrogens with zero attached hydrogens (tertiary/aromatic N) is 4. The highest BCUT2D eigenvalue weighted by atomic mass is 16.5. The average molecular weight is 269 g/mol. The van der Waals surface area contributed by atoms with Crippen LogP contribution >= 0.6 is 0 Å². The summed E-state index contributed by atoms with van der Waals surface area (Å²) in [6.07, 6.45) is 4.20. The quantitative estimate of drug-likeness (QED) is 0.774. The van der Waals surface area contributed by atoms with E-state index in [0.717, 1.165) is 35.1 Å². The molecule has 0 amide bonds. The van der Waals surface area contributed by atoms with Crippen molar-refractivity contribution in [1.29, 1.82) is 0 Å². The molecule has 1 fully saturated rings. The topological polar surface area (TPSA) is 70.8 Å². The second-order valence-corrected chi connectivity index (χ2v) is 5.24. The number of aromatic amines is 1. The summed E-state index contributed by atoms with van der Waals surface area (Å²) in [5, 5.41) is 12.2. The van der Waals surface area contributed by atoms with Crippen LogP contribution in [0.5, 0.6) is 0 Å². The van der Waals surface area contributed by atoms with Gasteiger partial charge in [-0.05, 0) is 42.6 Å². The number of aromatic nitrogens is 4. The third-order valence-electron chi connectivity index (χ3n) is 3.73. The number of fused-ring (bicyclic) bond motifs is 1. The molecule has 102 valence electrons. The molecular formula is C14H15N5O. The van der Waals surface area contributed by atoms with Crippen LogP contribution in [0.1, 0.15) is 18.4 Å². The summed E-state index contributed by atoms with van der Waals surface area (Å²) in [5.74, 6) is 1.23. The molecule has 6 nitrogen and oxygen atoms in total. The van der Waals surface area contributed by atoms with Crippen molar-refractivity contribution in [2.45, 2.75) is 19.8 Å². The lowest BCUT2D eigenvalue weighted by Gasteiger charge is -2.09. The van der Waals surface area contributed by atoms with Gasteiger partial charge in [0.1, 0.15) is 0 Å². The second-order valence-electron chi connectivity index (χ2n) is 5.24. The first-order valence-corrected chi connectivity index (χ1v) is 6.84. The van der Waals surface area contributed by atoms with Gasteiger partial charge in [-0.25, -0.2) is 0 Å². The van der Waals surface area contributed by atoms with Crippen LogP contribution in [0.2, 0.25) is 0 Å². The minimum atomic E-state index is 0.546. The van der Waals surface area contributed by atoms with Gasteiger partial charge in [0.15, 0.2) is 0 Å². The Morgan fingerprint density at radius 3 is 2.95 bits per heavy atom. The molecule has 4 rings (SSSR count). The zero-order chi connectivity index (χ0) is 13.5. The molecule has 1 N–H and O–H groups in total. The number of H-pyrrole nitrogens is 1. The monoisotopic (exact) mass is 269 g/mol. The van der Waals surface area contributed by atoms with Gasteiger partial charge in [-0.3, -0.25) is 5.10 Å². The molecule has 3 aromatic rings. The van der Waals surface area contributed by atoms with E-state index in [1.54, 1.807) is 0 Å². The Morgan fingerprint density at radius 2 is 2.10 bits per heavy atom. The zero-order valence-corrected chi connectivity index (χ0v) is 11.3. The molecule has 1 aliphatic heterocycles. The fraction of sp³-hybridized carbons (Fsp3) is 0.357. The van der Waals surface area contributed by atoms with Gasteiger partial charge in [-0.1, -0.05) is 0 Å². The summed E-state index contributed by atoms with van der Waals surface area (Å²) < 4.78 is 5.45. The number of nitrogens with one attached hydrogen (secondary N) is 1. The lowest BCUT2D eigenvalue weighted by molar-refractivity contribution is 0.430. The Bertz CT molecular complexity index is 754. The summed E-state index contributed by atoms with van der Waals surface area (Å²) in [5.41, 5.74) is 3.00. The van der Waals surface area contributed by atoms with Crippen LogP contribution in [0.15, 0.2) is 22.9 Å². The molecular weight excluding hydrogens is 254 g/mol.